The van der Waals surface area contributed by atoms with Crippen LogP contribution >= 0.6 is 0 Å². The molecule has 0 fully saturated rings. The molecule has 0 saturated carbocycles. The molecule has 8 nitrogen and oxygen atoms in total. The van der Waals surface area contributed by atoms with Crippen molar-refractivity contribution in [3.63, 3.8) is 0 Å². The van der Waals surface area contributed by atoms with Crippen molar-refractivity contribution >= 4 is 17.9 Å². The zero-order valence-electron chi connectivity index (χ0n) is 20.1. The van der Waals surface area contributed by atoms with Gasteiger partial charge in [0, 0.05) is 18.9 Å². The van der Waals surface area contributed by atoms with Gasteiger partial charge in [0.25, 0.3) is 0 Å². The predicted octanol–water partition coefficient (Wildman–Crippen LogP) is 3.72. The topological polar surface area (TPSA) is 130 Å². The second kappa shape index (κ2) is 18.1. The van der Waals surface area contributed by atoms with Crippen LogP contribution in [0.5, 0.6) is 0 Å². The third kappa shape index (κ3) is 16.9. The van der Waals surface area contributed by atoms with Gasteiger partial charge < -0.3 is 24.8 Å². The van der Waals surface area contributed by atoms with Crippen molar-refractivity contribution in [2.24, 2.45) is 0 Å². The van der Waals surface area contributed by atoms with Gasteiger partial charge in [-0.05, 0) is 38.7 Å². The van der Waals surface area contributed by atoms with E-state index in [1.54, 1.807) is 48.6 Å². The van der Waals surface area contributed by atoms with E-state index in [1.165, 1.54) is 12.2 Å². The highest BCUT2D eigenvalue weighted by Crippen LogP contribution is 2.09. The number of carboxylic acid groups (broad SMARTS) is 1. The van der Waals surface area contributed by atoms with Crippen molar-refractivity contribution in [2.45, 2.75) is 76.3 Å². The standard InChI is InChI=1S/C27H36O8/c1-21-13-7-3-2-4-8-14-22(28)19-23(29)15-9-5-10-16-24(35-27(33)20-25(30)31)17-11-6-12-18-26(32)34-21/h2,4-6,8-12,14,16,18,21-24,28-29H,3,7,13,15,17,19-20H2,1H3,(H,30,31)/b4-2+,9-5-,11-6+,14-8+,16-10+,18-12-/t21-,22+,23+,24-/m1/s1. The van der Waals surface area contributed by atoms with Crippen molar-refractivity contribution in [1.29, 1.82) is 0 Å². The number of carbonyl (C=O) groups excluding carboxylic acids is 2. The van der Waals surface area contributed by atoms with Crippen molar-refractivity contribution in [3.05, 3.63) is 72.9 Å². The van der Waals surface area contributed by atoms with Crippen LogP contribution in [-0.4, -0.2) is 57.6 Å². The van der Waals surface area contributed by atoms with Crippen LogP contribution < -0.4 is 0 Å². The van der Waals surface area contributed by atoms with Crippen molar-refractivity contribution in [3.8, 4) is 0 Å². The molecule has 1 aliphatic heterocycles. The summed E-state index contributed by atoms with van der Waals surface area (Å²) < 4.78 is 10.5. The smallest absolute Gasteiger partial charge is 0.331 e. The summed E-state index contributed by atoms with van der Waals surface area (Å²) in [5, 5.41) is 28.9. The largest absolute Gasteiger partial charge is 0.481 e. The maximum Gasteiger partial charge on any atom is 0.331 e. The highest BCUT2D eigenvalue weighted by Gasteiger charge is 2.14. The Hall–Kier alpha value is -3.23. The number of aliphatic carboxylic acids is 1. The van der Waals surface area contributed by atoms with E-state index in [0.29, 0.717) is 12.8 Å². The summed E-state index contributed by atoms with van der Waals surface area (Å²) in [5.74, 6) is -2.60. The number of carboxylic acids is 1. The van der Waals surface area contributed by atoms with E-state index in [0.717, 1.165) is 12.8 Å². The molecule has 0 unspecified atom stereocenters. The average molecular weight is 489 g/mol. The van der Waals surface area contributed by atoms with E-state index >= 15 is 0 Å². The Bertz CT molecular complexity index is 834. The minimum atomic E-state index is -1.28. The van der Waals surface area contributed by atoms with Gasteiger partial charge in [-0.2, -0.15) is 0 Å². The first-order chi connectivity index (χ1) is 16.8. The molecule has 0 aromatic heterocycles. The van der Waals surface area contributed by atoms with Gasteiger partial charge in [-0.3, -0.25) is 9.59 Å². The van der Waals surface area contributed by atoms with Crippen LogP contribution in [0, 0.1) is 0 Å². The summed E-state index contributed by atoms with van der Waals surface area (Å²) in [7, 11) is 0. The molecule has 4 atom stereocenters. The summed E-state index contributed by atoms with van der Waals surface area (Å²) in [6.45, 7) is 1.83. The lowest BCUT2D eigenvalue weighted by atomic mass is 10.1. The minimum absolute atomic E-state index is 0.189. The third-order valence-corrected chi connectivity index (χ3v) is 4.80. The first-order valence-corrected chi connectivity index (χ1v) is 11.7. The number of aliphatic hydroxyl groups is 2. The van der Waals surface area contributed by atoms with Gasteiger partial charge in [0.05, 0.1) is 18.3 Å². The molecular weight excluding hydrogens is 452 g/mol. The molecule has 0 spiro atoms. The Kier molecular flexibility index (Phi) is 15.4. The Morgan fingerprint density at radius 3 is 2.46 bits per heavy atom. The number of allylic oxidation sites excluding steroid dienone is 7. The van der Waals surface area contributed by atoms with Gasteiger partial charge in [0.2, 0.25) is 0 Å². The number of ether oxygens (including phenoxy) is 2. The van der Waals surface area contributed by atoms with Crippen LogP contribution in [0.15, 0.2) is 72.9 Å². The molecule has 0 aromatic rings. The van der Waals surface area contributed by atoms with E-state index < -0.39 is 42.6 Å². The zero-order chi connectivity index (χ0) is 25.9. The first-order valence-electron chi connectivity index (χ1n) is 11.7. The monoisotopic (exact) mass is 488 g/mol. The molecule has 1 heterocycles. The number of esters is 2. The van der Waals surface area contributed by atoms with Crippen LogP contribution in [0.4, 0.5) is 0 Å². The molecule has 0 saturated heterocycles. The molecular formula is C27H36O8. The molecule has 35 heavy (non-hydrogen) atoms. The zero-order valence-corrected chi connectivity index (χ0v) is 20.1. The Balaban J connectivity index is 2.87. The number of rotatable bonds is 3. The molecule has 192 valence electrons. The van der Waals surface area contributed by atoms with E-state index in [1.807, 2.05) is 19.1 Å². The maximum atomic E-state index is 11.9. The molecule has 1 rings (SSSR count). The summed E-state index contributed by atoms with van der Waals surface area (Å²) in [5.41, 5.74) is 0. The fourth-order valence-electron chi connectivity index (χ4n) is 3.07. The highest BCUT2D eigenvalue weighted by molar-refractivity contribution is 5.90. The summed E-state index contributed by atoms with van der Waals surface area (Å²) in [6, 6.07) is 0. The normalized spacial score (nSPS) is 31.0. The number of hydrogen-bond donors (Lipinski definition) is 3. The molecule has 1 aliphatic rings. The van der Waals surface area contributed by atoms with Gasteiger partial charge in [-0.15, -0.1) is 0 Å². The maximum absolute atomic E-state index is 11.9. The Morgan fingerprint density at radius 1 is 1.00 bits per heavy atom. The number of cyclic esters (lactones) is 1. The van der Waals surface area contributed by atoms with E-state index in [-0.39, 0.29) is 18.9 Å². The minimum Gasteiger partial charge on any atom is -0.481 e. The van der Waals surface area contributed by atoms with Gasteiger partial charge in [-0.25, -0.2) is 4.79 Å². The Morgan fingerprint density at radius 2 is 1.69 bits per heavy atom. The van der Waals surface area contributed by atoms with Crippen molar-refractivity contribution < 1.29 is 39.2 Å². The fraction of sp³-hybridized carbons (Fsp3) is 0.444. The number of carbonyl (C=O) groups is 3. The highest BCUT2D eigenvalue weighted by atomic mass is 16.5. The van der Waals surface area contributed by atoms with Crippen molar-refractivity contribution in [2.75, 3.05) is 0 Å². The third-order valence-electron chi connectivity index (χ3n) is 4.80. The van der Waals surface area contributed by atoms with E-state index in [9.17, 15) is 24.6 Å². The lowest BCUT2D eigenvalue weighted by Crippen LogP contribution is -2.18. The van der Waals surface area contributed by atoms with Gasteiger partial charge >= 0.3 is 17.9 Å². The van der Waals surface area contributed by atoms with Crippen LogP contribution in [-0.2, 0) is 23.9 Å². The molecule has 8 heteroatoms. The summed E-state index contributed by atoms with van der Waals surface area (Å²) >= 11 is 0. The molecule has 0 aromatic carbocycles. The second-order valence-corrected chi connectivity index (χ2v) is 8.12. The molecule has 0 aliphatic carbocycles. The lowest BCUT2D eigenvalue weighted by Gasteiger charge is -2.12. The summed E-state index contributed by atoms with van der Waals surface area (Å²) in [4.78, 5) is 34.4. The summed E-state index contributed by atoms with van der Waals surface area (Å²) in [6.07, 6.45) is 19.9. The number of aliphatic hydroxyl groups excluding tert-OH is 2. The molecule has 0 bridgehead atoms. The average Bonchev–Trinajstić information content (AvgIpc) is 2.76. The molecule has 3 N–H and O–H groups in total. The van der Waals surface area contributed by atoms with Gasteiger partial charge in [0.1, 0.15) is 12.5 Å². The van der Waals surface area contributed by atoms with E-state index in [4.69, 9.17) is 14.6 Å². The van der Waals surface area contributed by atoms with Gasteiger partial charge in [-0.1, -0.05) is 60.8 Å². The fourth-order valence-corrected chi connectivity index (χ4v) is 3.07. The molecule has 0 amide bonds. The van der Waals surface area contributed by atoms with Crippen LogP contribution in [0.1, 0.15) is 51.9 Å². The number of hydrogen-bond acceptors (Lipinski definition) is 7. The SMILES string of the molecule is C[C@@H]1CCC/C=C/C=C/[C@H](O)C[C@@H](O)C/C=C\C=C\[C@@H](OC(=O)CC(=O)O)C/C=C/C=C\C(=O)O1. The van der Waals surface area contributed by atoms with Crippen molar-refractivity contribution in [1.82, 2.24) is 0 Å². The Labute approximate surface area is 206 Å². The first kappa shape index (κ1) is 29.8. The quantitative estimate of drug-likeness (QED) is 0.405. The molecule has 0 radical (unpaired) electrons. The lowest BCUT2D eigenvalue weighted by molar-refractivity contribution is -0.153. The van der Waals surface area contributed by atoms with Gasteiger partial charge in [0.15, 0.2) is 0 Å². The predicted molar refractivity (Wildman–Crippen MR) is 132 cm³/mol. The van der Waals surface area contributed by atoms with Crippen LogP contribution in [0.25, 0.3) is 0 Å². The second-order valence-electron chi connectivity index (χ2n) is 8.12. The van der Waals surface area contributed by atoms with Crippen LogP contribution in [0.2, 0.25) is 0 Å². The van der Waals surface area contributed by atoms with Crippen LogP contribution in [0.3, 0.4) is 0 Å². The van der Waals surface area contributed by atoms with E-state index in [2.05, 4.69) is 0 Å².